The molecule has 3 heterocycles. The standard InChI is InChI=1S/C11H15N5O5/c1-15-3-16(8-5(15)9(20)14-11(12)13-8)10-7(19)6(18)4(2-17)21-10/h3-4,6-7,10,17-19H,2H2,1H3,(H2-,12,13,14,20)/p+1/t4-,6+,7-,10+/m0/s1. The SMILES string of the molecule is Cn1c[n+]([C@@H]2O[C@@H](CO)[C@@H](O)[C@@H]2O)c2nc(N)[nH]c(=O)c21. The Morgan fingerprint density at radius 2 is 2.24 bits per heavy atom. The molecule has 114 valence electrons. The minimum absolute atomic E-state index is 0.0702. The minimum atomic E-state index is -1.26. The van der Waals surface area contributed by atoms with E-state index < -0.39 is 36.7 Å². The Labute approximate surface area is 118 Å². The van der Waals surface area contributed by atoms with E-state index in [1.165, 1.54) is 15.5 Å². The van der Waals surface area contributed by atoms with Crippen LogP contribution in [0.2, 0.25) is 0 Å². The normalized spacial score (nSPS) is 29.3. The van der Waals surface area contributed by atoms with E-state index in [-0.39, 0.29) is 17.1 Å². The summed E-state index contributed by atoms with van der Waals surface area (Å²) in [6.45, 7) is -0.434. The van der Waals surface area contributed by atoms with Crippen LogP contribution in [0.5, 0.6) is 0 Å². The molecule has 10 heteroatoms. The lowest BCUT2D eigenvalue weighted by atomic mass is 10.1. The fourth-order valence-electron chi connectivity index (χ4n) is 2.57. The van der Waals surface area contributed by atoms with Crippen molar-refractivity contribution in [2.75, 3.05) is 12.3 Å². The van der Waals surface area contributed by atoms with Crippen LogP contribution in [-0.4, -0.2) is 54.8 Å². The molecule has 2 aromatic rings. The number of aliphatic hydroxyl groups excluding tert-OH is 3. The minimum Gasteiger partial charge on any atom is -0.394 e. The van der Waals surface area contributed by atoms with E-state index in [4.69, 9.17) is 15.6 Å². The van der Waals surface area contributed by atoms with Crippen molar-refractivity contribution in [3.63, 3.8) is 0 Å². The summed E-state index contributed by atoms with van der Waals surface area (Å²) in [6.07, 6.45) is -2.88. The van der Waals surface area contributed by atoms with Gasteiger partial charge in [0.1, 0.15) is 18.3 Å². The van der Waals surface area contributed by atoms with Gasteiger partial charge in [0.2, 0.25) is 11.7 Å². The van der Waals surface area contributed by atoms with Crippen LogP contribution < -0.4 is 15.9 Å². The van der Waals surface area contributed by atoms with Gasteiger partial charge in [0.25, 0.3) is 11.5 Å². The highest BCUT2D eigenvalue weighted by Gasteiger charge is 2.46. The highest BCUT2D eigenvalue weighted by Crippen LogP contribution is 2.26. The van der Waals surface area contributed by atoms with Gasteiger partial charge in [0.05, 0.1) is 13.7 Å². The Hall–Kier alpha value is -2.01. The fraction of sp³-hybridized carbons (Fsp3) is 0.545. The van der Waals surface area contributed by atoms with Crippen LogP contribution in [-0.2, 0) is 11.8 Å². The van der Waals surface area contributed by atoms with Gasteiger partial charge < -0.3 is 25.8 Å². The number of nitrogens with two attached hydrogens (primary N) is 1. The molecule has 4 atom stereocenters. The summed E-state index contributed by atoms with van der Waals surface area (Å²) in [7, 11) is 1.63. The number of anilines is 1. The molecule has 0 radical (unpaired) electrons. The van der Waals surface area contributed by atoms with Crippen LogP contribution in [0.3, 0.4) is 0 Å². The average molecular weight is 298 g/mol. The first-order valence-electron chi connectivity index (χ1n) is 6.32. The molecular formula is C11H16N5O5+. The fourth-order valence-corrected chi connectivity index (χ4v) is 2.57. The van der Waals surface area contributed by atoms with Crippen LogP contribution in [0, 0.1) is 0 Å². The summed E-state index contributed by atoms with van der Waals surface area (Å²) in [5.41, 5.74) is 5.58. The van der Waals surface area contributed by atoms with Crippen LogP contribution in [0.4, 0.5) is 5.95 Å². The first-order valence-corrected chi connectivity index (χ1v) is 6.32. The third-order valence-corrected chi connectivity index (χ3v) is 3.58. The lowest BCUT2D eigenvalue weighted by molar-refractivity contribution is -0.745. The van der Waals surface area contributed by atoms with Crippen LogP contribution >= 0.6 is 0 Å². The number of aromatic amines is 1. The summed E-state index contributed by atoms with van der Waals surface area (Å²) in [5, 5.41) is 29.0. The quantitative estimate of drug-likeness (QED) is 0.365. The molecule has 0 bridgehead atoms. The Morgan fingerprint density at radius 1 is 1.52 bits per heavy atom. The van der Waals surface area contributed by atoms with Crippen LogP contribution in [0.15, 0.2) is 11.1 Å². The van der Waals surface area contributed by atoms with Crippen LogP contribution in [0.1, 0.15) is 6.23 Å². The molecule has 3 rings (SSSR count). The molecule has 0 aliphatic carbocycles. The molecule has 6 N–H and O–H groups in total. The number of aromatic nitrogens is 4. The van der Waals surface area contributed by atoms with E-state index >= 15 is 0 Å². The van der Waals surface area contributed by atoms with Gasteiger partial charge in [-0.05, 0) is 0 Å². The zero-order valence-corrected chi connectivity index (χ0v) is 11.2. The third-order valence-electron chi connectivity index (χ3n) is 3.58. The molecule has 1 aliphatic heterocycles. The number of aliphatic hydroxyl groups is 3. The van der Waals surface area contributed by atoms with Gasteiger partial charge in [-0.25, -0.2) is 4.57 Å². The molecule has 1 saturated heterocycles. The van der Waals surface area contributed by atoms with Crippen LogP contribution in [0.25, 0.3) is 11.2 Å². The number of hydrogen-bond acceptors (Lipinski definition) is 7. The third kappa shape index (κ3) is 2.00. The van der Waals surface area contributed by atoms with Gasteiger partial charge in [-0.1, -0.05) is 4.98 Å². The second kappa shape index (κ2) is 4.77. The summed E-state index contributed by atoms with van der Waals surface area (Å²) in [4.78, 5) is 18.3. The largest absolute Gasteiger partial charge is 0.394 e. The number of nitrogens with zero attached hydrogens (tertiary/aromatic N) is 3. The van der Waals surface area contributed by atoms with Crippen molar-refractivity contribution < 1.29 is 24.6 Å². The zero-order valence-electron chi connectivity index (χ0n) is 11.2. The Kier molecular flexibility index (Phi) is 3.17. The number of hydrogen-bond donors (Lipinski definition) is 5. The topological polar surface area (TPSA) is 150 Å². The van der Waals surface area contributed by atoms with Gasteiger partial charge in [-0.2, -0.15) is 0 Å². The number of fused-ring (bicyclic) bond motifs is 1. The molecule has 2 aromatic heterocycles. The molecule has 0 spiro atoms. The molecule has 0 amide bonds. The van der Waals surface area contributed by atoms with Gasteiger partial charge >= 0.3 is 5.65 Å². The zero-order chi connectivity index (χ0) is 15.3. The van der Waals surface area contributed by atoms with Crippen molar-refractivity contribution in [3.8, 4) is 0 Å². The Morgan fingerprint density at radius 3 is 2.86 bits per heavy atom. The summed E-state index contributed by atoms with van der Waals surface area (Å²) >= 11 is 0. The lowest BCUT2D eigenvalue weighted by Crippen LogP contribution is -2.46. The maximum atomic E-state index is 11.9. The number of H-pyrrole nitrogens is 1. The second-order valence-corrected chi connectivity index (χ2v) is 4.99. The highest BCUT2D eigenvalue weighted by atomic mass is 16.6. The van der Waals surface area contributed by atoms with Crippen molar-refractivity contribution >= 4 is 17.1 Å². The van der Waals surface area contributed by atoms with E-state index in [9.17, 15) is 15.0 Å². The van der Waals surface area contributed by atoms with Crippen molar-refractivity contribution in [2.45, 2.75) is 24.5 Å². The summed E-state index contributed by atoms with van der Waals surface area (Å²) in [5.74, 6) is -0.0702. The van der Waals surface area contributed by atoms with Gasteiger partial charge in [0.15, 0.2) is 6.33 Å². The first-order chi connectivity index (χ1) is 9.93. The average Bonchev–Trinajstić information content (AvgIpc) is 2.89. The van der Waals surface area contributed by atoms with E-state index in [1.807, 2.05) is 0 Å². The number of ether oxygens (including phenoxy) is 1. The van der Waals surface area contributed by atoms with E-state index in [0.717, 1.165) is 0 Å². The van der Waals surface area contributed by atoms with E-state index in [0.29, 0.717) is 0 Å². The lowest BCUT2D eigenvalue weighted by Gasteiger charge is -2.11. The molecule has 21 heavy (non-hydrogen) atoms. The second-order valence-electron chi connectivity index (χ2n) is 4.99. The molecule has 0 aromatic carbocycles. The molecule has 1 aliphatic rings. The Balaban J connectivity index is 2.16. The molecule has 0 unspecified atom stereocenters. The number of nitrogen functional groups attached to an aromatic ring is 1. The van der Waals surface area contributed by atoms with Crippen molar-refractivity contribution in [1.29, 1.82) is 0 Å². The smallest absolute Gasteiger partial charge is 0.313 e. The number of nitrogens with one attached hydrogen (secondary N) is 1. The van der Waals surface area contributed by atoms with E-state index in [2.05, 4.69) is 9.97 Å². The van der Waals surface area contributed by atoms with Crippen molar-refractivity contribution in [2.24, 2.45) is 7.05 Å². The Bertz CT molecular complexity index is 740. The summed E-state index contributed by atoms with van der Waals surface area (Å²) in [6, 6.07) is 0. The molecule has 10 nitrogen and oxygen atoms in total. The highest BCUT2D eigenvalue weighted by molar-refractivity contribution is 5.67. The van der Waals surface area contributed by atoms with Gasteiger partial charge in [-0.3, -0.25) is 14.3 Å². The van der Waals surface area contributed by atoms with Crippen molar-refractivity contribution in [1.82, 2.24) is 14.5 Å². The van der Waals surface area contributed by atoms with E-state index in [1.54, 1.807) is 7.05 Å². The monoisotopic (exact) mass is 298 g/mol. The maximum Gasteiger partial charge on any atom is 0.313 e. The molecule has 1 fully saturated rings. The maximum absolute atomic E-state index is 11.9. The first kappa shape index (κ1) is 13.9. The van der Waals surface area contributed by atoms with Gasteiger partial charge in [-0.15, -0.1) is 0 Å². The predicted molar refractivity (Wildman–Crippen MR) is 69.0 cm³/mol. The predicted octanol–water partition coefficient (Wildman–Crippen LogP) is -3.26. The molecular weight excluding hydrogens is 282 g/mol. The number of aryl methyl sites for hydroxylation is 1. The summed E-state index contributed by atoms with van der Waals surface area (Å²) < 4.78 is 8.35. The van der Waals surface area contributed by atoms with Crippen molar-refractivity contribution in [3.05, 3.63) is 16.7 Å². The van der Waals surface area contributed by atoms with Gasteiger partial charge in [0, 0.05) is 0 Å². The number of rotatable bonds is 2. The number of imidazole rings is 1. The molecule has 0 saturated carbocycles.